The third-order valence-corrected chi connectivity index (χ3v) is 8.09. The van der Waals surface area contributed by atoms with Crippen LogP contribution < -0.4 is 4.74 Å². The number of hydrogen-bond donors (Lipinski definition) is 0. The molecule has 0 spiro atoms. The monoisotopic (exact) mass is 536 g/mol. The average molecular weight is 537 g/mol. The number of piperidine rings is 1. The number of aryl methyl sites for hydroxylation is 2. The summed E-state index contributed by atoms with van der Waals surface area (Å²) in [6.45, 7) is 11.0. The Kier molecular flexibility index (Phi) is 9.50. The molecule has 1 aliphatic rings. The molecule has 1 aromatic heterocycles. The zero-order valence-electron chi connectivity index (χ0n) is 23.3. The zero-order chi connectivity index (χ0) is 27.1. The predicted octanol–water partition coefficient (Wildman–Crippen LogP) is 6.27. The van der Waals surface area contributed by atoms with Crippen molar-refractivity contribution in [1.29, 1.82) is 0 Å². The van der Waals surface area contributed by atoms with E-state index in [1.807, 2.05) is 61.5 Å². The lowest BCUT2D eigenvalue weighted by Gasteiger charge is -2.43. The van der Waals surface area contributed by atoms with Gasteiger partial charge < -0.3 is 9.64 Å². The van der Waals surface area contributed by atoms with E-state index in [1.54, 1.807) is 0 Å². The maximum absolute atomic E-state index is 13.5. The summed E-state index contributed by atoms with van der Waals surface area (Å²) in [6.07, 6.45) is 5.51. The fraction of sp³-hybridized carbons (Fsp3) is 0.484. The van der Waals surface area contributed by atoms with Gasteiger partial charge in [0.15, 0.2) is 0 Å². The molecule has 1 saturated heterocycles. The van der Waals surface area contributed by atoms with E-state index < -0.39 is 0 Å². The molecule has 1 aliphatic heterocycles. The Morgan fingerprint density at radius 2 is 1.97 bits per heavy atom. The standard InChI is InChI=1S/C31H41ClN4O2/c1-5-15-36-25(3)27(19-33-36)21-35-16-9-14-31(22-35,23-38-28-12-13-29(32)24(2)17-28)18-30(37)34(4)20-26-10-7-6-8-11-26/h6-8,10-13,17,19H,5,9,14-16,18,20-23H2,1-4H3. The number of nitrogens with zero attached hydrogens (tertiary/aromatic N) is 4. The van der Waals surface area contributed by atoms with E-state index in [1.165, 1.54) is 11.3 Å². The molecule has 0 saturated carbocycles. The van der Waals surface area contributed by atoms with Crippen molar-refractivity contribution in [3.8, 4) is 5.75 Å². The molecule has 1 amide bonds. The first-order chi connectivity index (χ1) is 18.3. The number of halogens is 1. The fourth-order valence-corrected chi connectivity index (χ4v) is 5.54. The van der Waals surface area contributed by atoms with E-state index in [9.17, 15) is 4.79 Å². The quantitative estimate of drug-likeness (QED) is 0.290. The number of ether oxygens (including phenoxy) is 1. The van der Waals surface area contributed by atoms with Crippen LogP contribution in [0.3, 0.4) is 0 Å². The highest BCUT2D eigenvalue weighted by atomic mass is 35.5. The van der Waals surface area contributed by atoms with Crippen LogP contribution in [0.25, 0.3) is 0 Å². The van der Waals surface area contributed by atoms with Crippen molar-refractivity contribution in [1.82, 2.24) is 19.6 Å². The van der Waals surface area contributed by atoms with Gasteiger partial charge in [-0.05, 0) is 69.0 Å². The van der Waals surface area contributed by atoms with Crippen molar-refractivity contribution in [2.24, 2.45) is 5.41 Å². The summed E-state index contributed by atoms with van der Waals surface area (Å²) in [5.74, 6) is 0.948. The number of hydrogen-bond acceptors (Lipinski definition) is 4. The Balaban J connectivity index is 1.50. The second-order valence-corrected chi connectivity index (χ2v) is 11.3. The summed E-state index contributed by atoms with van der Waals surface area (Å²) >= 11 is 6.24. The minimum Gasteiger partial charge on any atom is -0.493 e. The van der Waals surface area contributed by atoms with Gasteiger partial charge in [0.25, 0.3) is 0 Å². The molecule has 0 aliphatic carbocycles. The van der Waals surface area contributed by atoms with Crippen molar-refractivity contribution < 1.29 is 9.53 Å². The molecule has 4 rings (SSSR count). The largest absolute Gasteiger partial charge is 0.493 e. The first kappa shape index (κ1) is 28.2. The summed E-state index contributed by atoms with van der Waals surface area (Å²) in [6, 6.07) is 15.9. The van der Waals surface area contributed by atoms with Gasteiger partial charge in [-0.3, -0.25) is 14.4 Å². The molecule has 1 atom stereocenters. The maximum Gasteiger partial charge on any atom is 0.223 e. The Bertz CT molecular complexity index is 1210. The van der Waals surface area contributed by atoms with E-state index in [0.29, 0.717) is 19.6 Å². The second-order valence-electron chi connectivity index (χ2n) is 10.9. The van der Waals surface area contributed by atoms with Crippen LogP contribution in [0.15, 0.2) is 54.7 Å². The Morgan fingerprint density at radius 1 is 1.18 bits per heavy atom. The Labute approximate surface area is 232 Å². The van der Waals surface area contributed by atoms with Crippen molar-refractivity contribution in [2.75, 3.05) is 26.7 Å². The van der Waals surface area contributed by atoms with E-state index in [0.717, 1.165) is 67.3 Å². The first-order valence-electron chi connectivity index (χ1n) is 13.7. The number of carbonyl (C=O) groups excluding carboxylic acids is 1. The minimum atomic E-state index is -0.277. The summed E-state index contributed by atoms with van der Waals surface area (Å²) in [5, 5.41) is 5.33. The predicted molar refractivity (Wildman–Crippen MR) is 153 cm³/mol. The smallest absolute Gasteiger partial charge is 0.223 e. The minimum absolute atomic E-state index is 0.151. The van der Waals surface area contributed by atoms with Gasteiger partial charge in [-0.15, -0.1) is 0 Å². The van der Waals surface area contributed by atoms with Gasteiger partial charge in [0.2, 0.25) is 5.91 Å². The molecule has 204 valence electrons. The van der Waals surface area contributed by atoms with Gasteiger partial charge >= 0.3 is 0 Å². The number of rotatable bonds is 11. The van der Waals surface area contributed by atoms with Gasteiger partial charge in [0.1, 0.15) is 5.75 Å². The molecular formula is C31H41ClN4O2. The highest BCUT2D eigenvalue weighted by Crippen LogP contribution is 2.36. The van der Waals surface area contributed by atoms with Crippen LogP contribution >= 0.6 is 11.6 Å². The van der Waals surface area contributed by atoms with E-state index in [4.69, 9.17) is 16.3 Å². The average Bonchev–Trinajstić information content (AvgIpc) is 3.24. The van der Waals surface area contributed by atoms with Gasteiger partial charge in [-0.1, -0.05) is 48.9 Å². The summed E-state index contributed by atoms with van der Waals surface area (Å²) in [4.78, 5) is 17.9. The molecule has 2 heterocycles. The second kappa shape index (κ2) is 12.8. The number of aromatic nitrogens is 2. The SMILES string of the molecule is CCCn1ncc(CN2CCCC(COc3ccc(Cl)c(C)c3)(CC(=O)N(C)Cc3ccccc3)C2)c1C. The normalized spacial score (nSPS) is 17.9. The van der Waals surface area contributed by atoms with Gasteiger partial charge in [-0.2, -0.15) is 5.10 Å². The molecule has 0 N–H and O–H groups in total. The van der Waals surface area contributed by atoms with Crippen molar-refractivity contribution in [2.45, 2.75) is 66.1 Å². The van der Waals surface area contributed by atoms with Gasteiger partial charge in [-0.25, -0.2) is 0 Å². The molecule has 38 heavy (non-hydrogen) atoms. The van der Waals surface area contributed by atoms with Gasteiger partial charge in [0.05, 0.1) is 12.8 Å². The number of carbonyl (C=O) groups is 1. The molecule has 6 nitrogen and oxygen atoms in total. The highest BCUT2D eigenvalue weighted by molar-refractivity contribution is 6.31. The summed E-state index contributed by atoms with van der Waals surface area (Å²) < 4.78 is 8.47. The van der Waals surface area contributed by atoms with Crippen molar-refractivity contribution in [3.05, 3.63) is 82.1 Å². The van der Waals surface area contributed by atoms with Crippen LogP contribution in [0.4, 0.5) is 0 Å². The first-order valence-corrected chi connectivity index (χ1v) is 14.1. The molecule has 1 unspecified atom stereocenters. The van der Waals surface area contributed by atoms with E-state index in [-0.39, 0.29) is 11.3 Å². The lowest BCUT2D eigenvalue weighted by Crippen LogP contribution is -2.48. The van der Waals surface area contributed by atoms with Crippen LogP contribution in [0.5, 0.6) is 5.75 Å². The zero-order valence-corrected chi connectivity index (χ0v) is 24.0. The topological polar surface area (TPSA) is 50.6 Å². The Morgan fingerprint density at radius 3 is 2.71 bits per heavy atom. The lowest BCUT2D eigenvalue weighted by molar-refractivity contribution is -0.135. The fourth-order valence-electron chi connectivity index (χ4n) is 5.42. The molecular weight excluding hydrogens is 496 g/mol. The van der Waals surface area contributed by atoms with Crippen LogP contribution in [0.2, 0.25) is 5.02 Å². The van der Waals surface area contributed by atoms with Crippen LogP contribution in [-0.2, 0) is 24.4 Å². The van der Waals surface area contributed by atoms with Crippen LogP contribution in [0, 0.1) is 19.3 Å². The molecule has 0 bridgehead atoms. The third kappa shape index (κ3) is 7.17. The van der Waals surface area contributed by atoms with Crippen LogP contribution in [0.1, 0.15) is 55.0 Å². The van der Waals surface area contributed by atoms with Crippen molar-refractivity contribution >= 4 is 17.5 Å². The lowest BCUT2D eigenvalue weighted by atomic mass is 9.77. The van der Waals surface area contributed by atoms with Crippen LogP contribution in [-0.4, -0.2) is 52.2 Å². The Hall–Kier alpha value is -2.83. The van der Waals surface area contributed by atoms with Gasteiger partial charge in [0, 0.05) is 61.3 Å². The summed E-state index contributed by atoms with van der Waals surface area (Å²) in [5.41, 5.74) is 4.34. The summed E-state index contributed by atoms with van der Waals surface area (Å²) in [7, 11) is 1.90. The highest BCUT2D eigenvalue weighted by Gasteiger charge is 2.39. The van der Waals surface area contributed by atoms with E-state index in [2.05, 4.69) is 40.7 Å². The molecule has 3 aromatic rings. The third-order valence-electron chi connectivity index (χ3n) is 7.66. The number of benzene rings is 2. The molecule has 7 heteroatoms. The van der Waals surface area contributed by atoms with E-state index >= 15 is 0 Å². The number of amides is 1. The number of likely N-dealkylation sites (tertiary alicyclic amines) is 1. The molecule has 2 aromatic carbocycles. The van der Waals surface area contributed by atoms with Crippen molar-refractivity contribution in [3.63, 3.8) is 0 Å². The molecule has 0 radical (unpaired) electrons. The molecule has 1 fully saturated rings. The maximum atomic E-state index is 13.5.